The summed E-state index contributed by atoms with van der Waals surface area (Å²) in [6, 6.07) is 14.9. The summed E-state index contributed by atoms with van der Waals surface area (Å²) in [6.45, 7) is 1.79. The summed E-state index contributed by atoms with van der Waals surface area (Å²) in [7, 11) is -4.56. The van der Waals surface area contributed by atoms with Crippen LogP contribution in [0.25, 0.3) is 4.13 Å². The molecule has 0 radical (unpaired) electrons. The number of aryl methyl sites for hydroxylation is 1. The van der Waals surface area contributed by atoms with Gasteiger partial charge in [-0.25, -0.2) is 21.8 Å². The van der Waals surface area contributed by atoms with E-state index in [9.17, 15) is 16.8 Å². The number of H-pyrrole nitrogens is 1. The number of anilines is 1. The van der Waals surface area contributed by atoms with E-state index in [4.69, 9.17) is 11.6 Å². The summed E-state index contributed by atoms with van der Waals surface area (Å²) in [5.41, 5.74) is 2.07. The molecule has 0 atom stereocenters. The van der Waals surface area contributed by atoms with Gasteiger partial charge in [0.15, 0.2) is 12.4 Å². The fourth-order valence-corrected chi connectivity index (χ4v) is 5.02. The summed E-state index contributed by atoms with van der Waals surface area (Å²) in [5.74, 6) is 0. The predicted octanol–water partition coefficient (Wildman–Crippen LogP) is 3.67. The molecule has 0 fully saturated rings. The Labute approximate surface area is 182 Å². The standard InChI is InChI=1S/C13H11ClNO4S2.C7H10N2/c1-10-2-6-12(7-3-10)20(16,17)15-21(18,19)13-8-4-11(14)5-9-13;1-9(2)7-3-5-8-6-4-7/h2-9H,1H3;3-6H,1-2H3/q-1;/p+1. The zero-order valence-corrected chi connectivity index (χ0v) is 19.0. The second kappa shape index (κ2) is 10.0. The lowest BCUT2D eigenvalue weighted by molar-refractivity contribution is -0.377. The van der Waals surface area contributed by atoms with Gasteiger partial charge < -0.3 is 9.03 Å². The highest BCUT2D eigenvalue weighted by Crippen LogP contribution is 2.26. The van der Waals surface area contributed by atoms with Gasteiger partial charge >= 0.3 is 0 Å². The van der Waals surface area contributed by atoms with Crippen molar-refractivity contribution in [3.05, 3.63) is 87.8 Å². The first kappa shape index (κ1) is 23.8. The van der Waals surface area contributed by atoms with Crippen molar-refractivity contribution in [2.45, 2.75) is 16.7 Å². The van der Waals surface area contributed by atoms with Crippen molar-refractivity contribution in [3.63, 3.8) is 0 Å². The van der Waals surface area contributed by atoms with Crippen LogP contribution in [0, 0.1) is 6.92 Å². The predicted molar refractivity (Wildman–Crippen MR) is 118 cm³/mol. The molecule has 1 N–H and O–H groups in total. The third-order valence-corrected chi connectivity index (χ3v) is 7.40. The van der Waals surface area contributed by atoms with Crippen LogP contribution in [0.3, 0.4) is 0 Å². The largest absolute Gasteiger partial charge is 0.428 e. The second-order valence-corrected chi connectivity index (χ2v) is 10.3. The molecule has 0 unspecified atom stereocenters. The van der Waals surface area contributed by atoms with Gasteiger partial charge in [0.1, 0.15) is 20.0 Å². The highest BCUT2D eigenvalue weighted by molar-refractivity contribution is 8.12. The number of benzene rings is 2. The number of nitrogens with zero attached hydrogens (tertiary/aromatic N) is 2. The molecule has 1 heterocycles. The Kier molecular flexibility index (Phi) is 7.96. The Morgan fingerprint density at radius 3 is 1.60 bits per heavy atom. The molecule has 0 aliphatic rings. The SMILES string of the molecule is CN(C)c1cc[nH+]cc1.Cc1ccc(S(=O)(=O)[N-]S(=O)(=O)c2ccc(Cl)cc2)cc1. The number of aromatic amines is 1. The zero-order chi connectivity index (χ0) is 22.4. The zero-order valence-electron chi connectivity index (χ0n) is 16.7. The number of hydrogen-bond donors (Lipinski definition) is 0. The molecule has 0 bridgehead atoms. The van der Waals surface area contributed by atoms with Crippen molar-refractivity contribution in [3.8, 4) is 0 Å². The van der Waals surface area contributed by atoms with Crippen LogP contribution in [0.2, 0.25) is 5.02 Å². The van der Waals surface area contributed by atoms with Crippen LogP contribution < -0.4 is 9.88 Å². The first-order valence-electron chi connectivity index (χ1n) is 8.71. The smallest absolute Gasteiger partial charge is 0.169 e. The van der Waals surface area contributed by atoms with Gasteiger partial charge in [-0.05, 0) is 43.3 Å². The molecule has 30 heavy (non-hydrogen) atoms. The maximum absolute atomic E-state index is 12.0. The van der Waals surface area contributed by atoms with E-state index < -0.39 is 20.0 Å². The van der Waals surface area contributed by atoms with Crippen LogP contribution in [-0.4, -0.2) is 30.9 Å². The van der Waals surface area contributed by atoms with E-state index in [0.29, 0.717) is 5.02 Å². The molecule has 0 aliphatic heterocycles. The third kappa shape index (κ3) is 6.81. The number of hydrogen-bond acceptors (Lipinski definition) is 5. The molecule has 3 aromatic rings. The van der Waals surface area contributed by atoms with Crippen molar-refractivity contribution in [2.75, 3.05) is 19.0 Å². The molecule has 0 spiro atoms. The Balaban J connectivity index is 0.000000297. The maximum Gasteiger partial charge on any atom is 0.169 e. The van der Waals surface area contributed by atoms with Crippen molar-refractivity contribution >= 4 is 37.3 Å². The minimum absolute atomic E-state index is 0.175. The molecular weight excluding hydrogens is 446 g/mol. The van der Waals surface area contributed by atoms with Crippen molar-refractivity contribution in [1.29, 1.82) is 0 Å². The molecule has 0 aliphatic carbocycles. The van der Waals surface area contributed by atoms with Gasteiger partial charge in [0.05, 0.1) is 0 Å². The van der Waals surface area contributed by atoms with Gasteiger partial charge in [-0.3, -0.25) is 0 Å². The van der Waals surface area contributed by atoms with Crippen LogP contribution >= 0.6 is 11.6 Å². The number of rotatable bonds is 5. The lowest BCUT2D eigenvalue weighted by atomic mass is 10.2. The van der Waals surface area contributed by atoms with E-state index in [0.717, 1.165) is 5.56 Å². The Bertz CT molecular complexity index is 1090. The van der Waals surface area contributed by atoms with Gasteiger partial charge in [0.25, 0.3) is 0 Å². The van der Waals surface area contributed by atoms with E-state index in [-0.39, 0.29) is 9.79 Å². The number of aromatic nitrogens is 1. The van der Waals surface area contributed by atoms with Gasteiger partial charge in [0.2, 0.25) is 0 Å². The van der Waals surface area contributed by atoms with Gasteiger partial charge in [-0.1, -0.05) is 29.3 Å². The second-order valence-electron chi connectivity index (χ2n) is 6.44. The van der Waals surface area contributed by atoms with Crippen molar-refractivity contribution < 1.29 is 21.8 Å². The lowest BCUT2D eigenvalue weighted by Crippen LogP contribution is -2.10. The molecule has 0 saturated heterocycles. The number of nitrogens with one attached hydrogen (secondary N) is 1. The first-order valence-corrected chi connectivity index (χ1v) is 12.0. The maximum atomic E-state index is 12.0. The average molecular weight is 468 g/mol. The highest BCUT2D eigenvalue weighted by Gasteiger charge is 2.13. The van der Waals surface area contributed by atoms with Crippen LogP contribution in [-0.2, 0) is 20.0 Å². The van der Waals surface area contributed by atoms with E-state index in [1.165, 1.54) is 42.1 Å². The Morgan fingerprint density at radius 2 is 1.20 bits per heavy atom. The fourth-order valence-electron chi connectivity index (χ4n) is 2.21. The Morgan fingerprint density at radius 1 is 0.767 bits per heavy atom. The quantitative estimate of drug-likeness (QED) is 0.570. The molecule has 160 valence electrons. The summed E-state index contributed by atoms with van der Waals surface area (Å²) < 4.78 is 51.1. The number of sulfonamides is 2. The summed E-state index contributed by atoms with van der Waals surface area (Å²) >= 11 is 5.66. The molecule has 0 amide bonds. The molecule has 10 heteroatoms. The Hall–Kier alpha value is -2.46. The van der Waals surface area contributed by atoms with Crippen LogP contribution in [0.15, 0.2) is 82.8 Å². The van der Waals surface area contributed by atoms with Gasteiger partial charge in [-0.2, -0.15) is 0 Å². The minimum atomic E-state index is -4.31. The fraction of sp³-hybridized carbons (Fsp3) is 0.150. The molecule has 2 aromatic carbocycles. The third-order valence-electron chi connectivity index (χ3n) is 3.84. The van der Waals surface area contributed by atoms with E-state index in [2.05, 4.69) is 14.0 Å². The minimum Gasteiger partial charge on any atom is -0.428 e. The normalized spacial score (nSPS) is 11.3. The number of halogens is 1. The van der Waals surface area contributed by atoms with Gasteiger partial charge in [-0.15, -0.1) is 0 Å². The molecule has 0 saturated carbocycles. The van der Waals surface area contributed by atoms with Crippen LogP contribution in [0.4, 0.5) is 5.69 Å². The molecular formula is C20H22ClN3O4S2. The summed E-state index contributed by atoms with van der Waals surface area (Å²) in [6.07, 6.45) is 3.82. The average Bonchev–Trinajstić information content (AvgIpc) is 2.69. The van der Waals surface area contributed by atoms with E-state index in [1.807, 2.05) is 38.6 Å². The van der Waals surface area contributed by atoms with Crippen LogP contribution in [0.1, 0.15) is 5.56 Å². The highest BCUT2D eigenvalue weighted by atomic mass is 35.5. The monoisotopic (exact) mass is 467 g/mol. The molecule has 1 aromatic heterocycles. The van der Waals surface area contributed by atoms with E-state index in [1.54, 1.807) is 19.1 Å². The van der Waals surface area contributed by atoms with Gasteiger partial charge in [0, 0.05) is 46.7 Å². The van der Waals surface area contributed by atoms with E-state index >= 15 is 0 Å². The summed E-state index contributed by atoms with van der Waals surface area (Å²) in [4.78, 5) is 4.62. The summed E-state index contributed by atoms with van der Waals surface area (Å²) in [5, 5.41) is 0.343. The first-order chi connectivity index (χ1) is 14.0. The topological polar surface area (TPSA) is 99.8 Å². The lowest BCUT2D eigenvalue weighted by Gasteiger charge is -2.20. The van der Waals surface area contributed by atoms with Crippen molar-refractivity contribution in [1.82, 2.24) is 0 Å². The van der Waals surface area contributed by atoms with Crippen molar-refractivity contribution in [2.24, 2.45) is 0 Å². The molecule has 3 rings (SSSR count). The number of pyridine rings is 1. The molecule has 7 nitrogen and oxygen atoms in total. The van der Waals surface area contributed by atoms with Crippen LogP contribution in [0.5, 0.6) is 0 Å².